The Morgan fingerprint density at radius 2 is 1.59 bits per heavy atom. The normalized spacial score (nSPS) is 29.1. The monoisotopic (exact) mass is 305 g/mol. The molecule has 0 saturated carbocycles. The SMILES string of the molecule is CN1CCN(C(=O)CCN2C(=O)C3CC=CCC3C2=O)CC1. The lowest BCUT2D eigenvalue weighted by Crippen LogP contribution is -2.48. The molecule has 0 N–H and O–H groups in total. The molecule has 2 aliphatic heterocycles. The first kappa shape index (κ1) is 15.2. The van der Waals surface area contributed by atoms with Crippen molar-refractivity contribution < 1.29 is 14.4 Å². The van der Waals surface area contributed by atoms with Crippen LogP contribution in [0.4, 0.5) is 0 Å². The minimum absolute atomic E-state index is 0.0432. The summed E-state index contributed by atoms with van der Waals surface area (Å²) in [4.78, 5) is 42.2. The van der Waals surface area contributed by atoms with Crippen molar-refractivity contribution in [2.75, 3.05) is 39.8 Å². The van der Waals surface area contributed by atoms with E-state index in [0.29, 0.717) is 12.8 Å². The van der Waals surface area contributed by atoms with Gasteiger partial charge in [-0.05, 0) is 19.9 Å². The van der Waals surface area contributed by atoms with Gasteiger partial charge in [-0.15, -0.1) is 0 Å². The lowest BCUT2D eigenvalue weighted by molar-refractivity contribution is -0.141. The molecule has 22 heavy (non-hydrogen) atoms. The smallest absolute Gasteiger partial charge is 0.233 e. The number of carbonyl (C=O) groups is 3. The summed E-state index contributed by atoms with van der Waals surface area (Å²) in [6.45, 7) is 3.45. The van der Waals surface area contributed by atoms with E-state index in [1.54, 1.807) is 0 Å². The van der Waals surface area contributed by atoms with Crippen molar-refractivity contribution in [3.63, 3.8) is 0 Å². The van der Waals surface area contributed by atoms with Crippen molar-refractivity contribution in [3.05, 3.63) is 12.2 Å². The highest BCUT2D eigenvalue weighted by Crippen LogP contribution is 2.35. The first-order valence-electron chi connectivity index (χ1n) is 8.04. The lowest BCUT2D eigenvalue weighted by atomic mass is 9.85. The van der Waals surface area contributed by atoms with Crippen molar-refractivity contribution >= 4 is 17.7 Å². The molecule has 2 atom stereocenters. The van der Waals surface area contributed by atoms with Crippen LogP contribution in [-0.2, 0) is 14.4 Å². The number of allylic oxidation sites excluding steroid dienone is 2. The van der Waals surface area contributed by atoms with Gasteiger partial charge in [-0.2, -0.15) is 0 Å². The number of hydrogen-bond donors (Lipinski definition) is 0. The predicted octanol–water partition coefficient (Wildman–Crippen LogP) is 0.102. The Morgan fingerprint density at radius 3 is 2.14 bits per heavy atom. The Morgan fingerprint density at radius 1 is 1.05 bits per heavy atom. The van der Waals surface area contributed by atoms with Gasteiger partial charge in [0.2, 0.25) is 17.7 Å². The first-order valence-corrected chi connectivity index (χ1v) is 8.04. The summed E-state index contributed by atoms with van der Waals surface area (Å²) in [5.74, 6) is -0.537. The van der Waals surface area contributed by atoms with Gasteiger partial charge >= 0.3 is 0 Å². The molecule has 0 aromatic rings. The third-order valence-electron chi connectivity index (χ3n) is 5.00. The van der Waals surface area contributed by atoms with Crippen LogP contribution in [0.3, 0.4) is 0 Å². The number of fused-ring (bicyclic) bond motifs is 1. The number of likely N-dealkylation sites (tertiary alicyclic amines) is 1. The Bertz CT molecular complexity index is 483. The van der Waals surface area contributed by atoms with E-state index in [2.05, 4.69) is 4.90 Å². The minimum Gasteiger partial charge on any atom is -0.340 e. The molecule has 0 bridgehead atoms. The Hall–Kier alpha value is -1.69. The fourth-order valence-corrected chi connectivity index (χ4v) is 3.51. The van der Waals surface area contributed by atoms with Crippen molar-refractivity contribution in [1.82, 2.24) is 14.7 Å². The van der Waals surface area contributed by atoms with Crippen LogP contribution in [0.25, 0.3) is 0 Å². The summed E-state index contributed by atoms with van der Waals surface area (Å²) >= 11 is 0. The van der Waals surface area contributed by atoms with Crippen LogP contribution in [0.1, 0.15) is 19.3 Å². The van der Waals surface area contributed by atoms with Crippen LogP contribution in [0.5, 0.6) is 0 Å². The average Bonchev–Trinajstić information content (AvgIpc) is 2.78. The number of hydrogen-bond acceptors (Lipinski definition) is 4. The maximum atomic E-state index is 12.3. The van der Waals surface area contributed by atoms with E-state index in [4.69, 9.17) is 0 Å². The topological polar surface area (TPSA) is 60.9 Å². The second-order valence-electron chi connectivity index (χ2n) is 6.42. The van der Waals surface area contributed by atoms with Crippen LogP contribution in [0.2, 0.25) is 0 Å². The van der Waals surface area contributed by atoms with Crippen LogP contribution in [0.15, 0.2) is 12.2 Å². The van der Waals surface area contributed by atoms with Gasteiger partial charge in [-0.1, -0.05) is 12.2 Å². The van der Waals surface area contributed by atoms with Gasteiger partial charge in [0.25, 0.3) is 0 Å². The summed E-state index contributed by atoms with van der Waals surface area (Å²) in [5, 5.41) is 0. The predicted molar refractivity (Wildman–Crippen MR) is 80.8 cm³/mol. The second kappa shape index (κ2) is 6.20. The minimum atomic E-state index is -0.198. The third kappa shape index (κ3) is 2.79. The summed E-state index contributed by atoms with van der Waals surface area (Å²) in [7, 11) is 2.04. The number of carbonyl (C=O) groups excluding carboxylic acids is 3. The standard InChI is InChI=1S/C16H23N3O3/c1-17-8-10-18(11-9-17)14(20)6-7-19-15(21)12-4-2-3-5-13(12)16(19)22/h2-3,12-13H,4-11H2,1H3. The fraction of sp³-hybridized carbons (Fsp3) is 0.688. The average molecular weight is 305 g/mol. The van der Waals surface area contributed by atoms with E-state index in [1.807, 2.05) is 24.1 Å². The van der Waals surface area contributed by atoms with Crippen molar-refractivity contribution in [2.24, 2.45) is 11.8 Å². The zero-order valence-corrected chi connectivity index (χ0v) is 13.0. The number of likely N-dealkylation sites (N-methyl/N-ethyl adjacent to an activating group) is 1. The Labute approximate surface area is 130 Å². The highest BCUT2D eigenvalue weighted by Gasteiger charge is 2.46. The summed E-state index contributed by atoms with van der Waals surface area (Å²) in [6, 6.07) is 0. The zero-order chi connectivity index (χ0) is 15.7. The number of piperazine rings is 1. The number of amides is 3. The summed E-state index contributed by atoms with van der Waals surface area (Å²) < 4.78 is 0. The van der Waals surface area contributed by atoms with Gasteiger partial charge in [0.05, 0.1) is 11.8 Å². The molecule has 2 heterocycles. The van der Waals surface area contributed by atoms with Crippen molar-refractivity contribution in [2.45, 2.75) is 19.3 Å². The van der Waals surface area contributed by atoms with E-state index < -0.39 is 0 Å². The van der Waals surface area contributed by atoms with Gasteiger partial charge in [-0.25, -0.2) is 0 Å². The molecule has 0 spiro atoms. The third-order valence-corrected chi connectivity index (χ3v) is 5.00. The molecule has 6 heteroatoms. The van der Waals surface area contributed by atoms with Crippen LogP contribution in [0, 0.1) is 11.8 Å². The van der Waals surface area contributed by atoms with Crippen molar-refractivity contribution in [1.29, 1.82) is 0 Å². The number of rotatable bonds is 3. The van der Waals surface area contributed by atoms with Crippen LogP contribution in [-0.4, -0.2) is 72.2 Å². The molecule has 3 aliphatic rings. The lowest BCUT2D eigenvalue weighted by Gasteiger charge is -2.32. The summed E-state index contributed by atoms with van der Waals surface area (Å²) in [6.07, 6.45) is 5.50. The number of nitrogens with zero attached hydrogens (tertiary/aromatic N) is 3. The molecule has 3 rings (SSSR count). The molecule has 6 nitrogen and oxygen atoms in total. The molecule has 120 valence electrons. The largest absolute Gasteiger partial charge is 0.340 e. The number of imide groups is 1. The van der Waals surface area contributed by atoms with Gasteiger partial charge in [-0.3, -0.25) is 19.3 Å². The first-order chi connectivity index (χ1) is 10.6. The maximum absolute atomic E-state index is 12.3. The van der Waals surface area contributed by atoms with Gasteiger partial charge in [0.15, 0.2) is 0 Å². The van der Waals surface area contributed by atoms with Gasteiger partial charge in [0.1, 0.15) is 0 Å². The highest BCUT2D eigenvalue weighted by molar-refractivity contribution is 6.05. The molecule has 2 saturated heterocycles. The second-order valence-corrected chi connectivity index (χ2v) is 6.42. The van der Waals surface area contributed by atoms with E-state index in [1.165, 1.54) is 4.90 Å². The van der Waals surface area contributed by atoms with Crippen molar-refractivity contribution in [3.8, 4) is 0 Å². The quantitative estimate of drug-likeness (QED) is 0.548. The molecule has 0 aromatic carbocycles. The van der Waals surface area contributed by atoms with Crippen LogP contribution < -0.4 is 0 Å². The molecule has 0 aromatic heterocycles. The van der Waals surface area contributed by atoms with E-state index >= 15 is 0 Å². The van der Waals surface area contributed by atoms with E-state index in [0.717, 1.165) is 26.2 Å². The van der Waals surface area contributed by atoms with E-state index in [-0.39, 0.29) is 42.5 Å². The Kier molecular flexibility index (Phi) is 4.29. The molecule has 3 amide bonds. The van der Waals surface area contributed by atoms with Gasteiger partial charge in [0, 0.05) is 39.1 Å². The molecule has 0 radical (unpaired) electrons. The van der Waals surface area contributed by atoms with Crippen LogP contribution >= 0.6 is 0 Å². The highest BCUT2D eigenvalue weighted by atomic mass is 16.2. The Balaban J connectivity index is 1.54. The summed E-state index contributed by atoms with van der Waals surface area (Å²) in [5.41, 5.74) is 0. The van der Waals surface area contributed by atoms with Gasteiger partial charge < -0.3 is 9.80 Å². The maximum Gasteiger partial charge on any atom is 0.233 e. The molecule has 1 aliphatic carbocycles. The molecular weight excluding hydrogens is 282 g/mol. The molecular formula is C16H23N3O3. The van der Waals surface area contributed by atoms with E-state index in [9.17, 15) is 14.4 Å². The molecule has 2 unspecified atom stereocenters. The fourth-order valence-electron chi connectivity index (χ4n) is 3.51. The molecule has 2 fully saturated rings. The zero-order valence-electron chi connectivity index (χ0n) is 13.0.